The summed E-state index contributed by atoms with van der Waals surface area (Å²) in [6.07, 6.45) is 16.8. The molecule has 0 aromatic rings. The average molecular weight is 375 g/mol. The molecule has 0 radical (unpaired) electrons. The first-order valence-corrected chi connectivity index (χ1v) is 12.6. The summed E-state index contributed by atoms with van der Waals surface area (Å²) < 4.78 is 0.469. The van der Waals surface area contributed by atoms with Gasteiger partial charge in [-0.15, -0.1) is 23.5 Å². The molecule has 5 aliphatic rings. The lowest BCUT2D eigenvalue weighted by molar-refractivity contribution is -0.0256. The Labute approximate surface area is 163 Å². The molecule has 2 heteroatoms. The minimum atomic E-state index is 0.469. The number of hydrogen-bond donors (Lipinski definition) is 0. The van der Waals surface area contributed by atoms with E-state index in [1.807, 2.05) is 5.57 Å². The molecular formula is C23H34S2. The van der Waals surface area contributed by atoms with Crippen LogP contribution in [-0.4, -0.2) is 15.6 Å². The van der Waals surface area contributed by atoms with Crippen molar-refractivity contribution in [2.75, 3.05) is 11.5 Å². The smallest absolute Gasteiger partial charge is 0.0795 e. The number of thioether (sulfide) groups is 2. The summed E-state index contributed by atoms with van der Waals surface area (Å²) in [5.41, 5.74) is 4.73. The number of allylic oxidation sites excluding steroid dienone is 3. The van der Waals surface area contributed by atoms with Gasteiger partial charge in [0.2, 0.25) is 0 Å². The van der Waals surface area contributed by atoms with Gasteiger partial charge in [-0.25, -0.2) is 0 Å². The van der Waals surface area contributed by atoms with Crippen LogP contribution in [-0.2, 0) is 0 Å². The maximum absolute atomic E-state index is 2.79. The van der Waals surface area contributed by atoms with Crippen LogP contribution >= 0.6 is 23.5 Å². The second-order valence-corrected chi connectivity index (χ2v) is 12.9. The summed E-state index contributed by atoms with van der Waals surface area (Å²) in [5, 5.41) is 0. The molecule has 3 unspecified atom stereocenters. The van der Waals surface area contributed by atoms with E-state index in [1.165, 1.54) is 62.9 Å². The molecule has 0 N–H and O–H groups in total. The second kappa shape index (κ2) is 5.84. The molecular weight excluding hydrogens is 340 g/mol. The predicted octanol–water partition coefficient (Wildman–Crippen LogP) is 7.07. The molecule has 3 saturated carbocycles. The van der Waals surface area contributed by atoms with Gasteiger partial charge >= 0.3 is 0 Å². The van der Waals surface area contributed by atoms with Crippen LogP contribution in [0, 0.1) is 28.6 Å². The first kappa shape index (κ1) is 17.3. The van der Waals surface area contributed by atoms with E-state index in [-0.39, 0.29) is 0 Å². The van der Waals surface area contributed by atoms with E-state index in [2.05, 4.69) is 56.4 Å². The molecule has 0 nitrogen and oxygen atoms in total. The maximum atomic E-state index is 2.79. The Balaban J connectivity index is 1.47. The Morgan fingerprint density at radius 3 is 2.44 bits per heavy atom. The molecule has 0 aromatic carbocycles. The molecule has 1 saturated heterocycles. The molecule has 0 bridgehead atoms. The molecule has 138 valence electrons. The Morgan fingerprint density at radius 1 is 0.920 bits per heavy atom. The fraction of sp³-hybridized carbons (Fsp3) is 0.826. The van der Waals surface area contributed by atoms with Crippen LogP contribution in [0.25, 0.3) is 0 Å². The van der Waals surface area contributed by atoms with Crippen molar-refractivity contribution in [3.05, 3.63) is 23.3 Å². The van der Waals surface area contributed by atoms with Gasteiger partial charge in [0.25, 0.3) is 0 Å². The molecule has 25 heavy (non-hydrogen) atoms. The van der Waals surface area contributed by atoms with E-state index in [0.717, 1.165) is 17.8 Å². The lowest BCUT2D eigenvalue weighted by atomic mass is 9.47. The Morgan fingerprint density at radius 2 is 1.68 bits per heavy atom. The highest BCUT2D eigenvalue weighted by Crippen LogP contribution is 2.68. The van der Waals surface area contributed by atoms with Crippen LogP contribution in [0.1, 0.15) is 72.1 Å². The number of rotatable bonds is 0. The highest BCUT2D eigenvalue weighted by Gasteiger charge is 2.58. The summed E-state index contributed by atoms with van der Waals surface area (Å²) in [6.45, 7) is 7.57. The van der Waals surface area contributed by atoms with Gasteiger partial charge in [-0.1, -0.05) is 37.1 Å². The van der Waals surface area contributed by atoms with E-state index in [4.69, 9.17) is 0 Å². The molecule has 1 heterocycles. The van der Waals surface area contributed by atoms with Gasteiger partial charge in [0.1, 0.15) is 0 Å². The van der Waals surface area contributed by atoms with Gasteiger partial charge in [-0.3, -0.25) is 0 Å². The zero-order valence-corrected chi connectivity index (χ0v) is 17.9. The van der Waals surface area contributed by atoms with Crippen LogP contribution < -0.4 is 0 Å². The molecule has 0 amide bonds. The van der Waals surface area contributed by atoms with E-state index < -0.39 is 0 Å². The van der Waals surface area contributed by atoms with Crippen molar-refractivity contribution in [2.45, 2.75) is 76.2 Å². The third-order valence-corrected chi connectivity index (χ3v) is 12.5. The normalized spacial score (nSPS) is 49.6. The molecule has 5 rings (SSSR count). The molecule has 1 spiro atoms. The maximum Gasteiger partial charge on any atom is 0.0795 e. The van der Waals surface area contributed by atoms with Gasteiger partial charge in [-0.05, 0) is 86.9 Å². The van der Waals surface area contributed by atoms with Gasteiger partial charge in [-0.2, -0.15) is 0 Å². The first-order valence-electron chi connectivity index (χ1n) is 10.7. The number of fused-ring (bicyclic) bond motifs is 5. The molecule has 5 atom stereocenters. The number of hydrogen-bond acceptors (Lipinski definition) is 2. The van der Waals surface area contributed by atoms with Gasteiger partial charge < -0.3 is 0 Å². The van der Waals surface area contributed by atoms with Crippen LogP contribution in [0.3, 0.4) is 0 Å². The predicted molar refractivity (Wildman–Crippen MR) is 113 cm³/mol. The van der Waals surface area contributed by atoms with Crippen molar-refractivity contribution in [2.24, 2.45) is 28.6 Å². The third-order valence-electron chi connectivity index (χ3n) is 9.10. The van der Waals surface area contributed by atoms with Crippen molar-refractivity contribution in [1.29, 1.82) is 0 Å². The van der Waals surface area contributed by atoms with Crippen LogP contribution in [0.4, 0.5) is 0 Å². The Hall–Kier alpha value is 0.180. The van der Waals surface area contributed by atoms with E-state index in [0.29, 0.717) is 14.9 Å². The summed E-state index contributed by atoms with van der Waals surface area (Å²) in [6, 6.07) is 0. The molecule has 4 fully saturated rings. The summed E-state index contributed by atoms with van der Waals surface area (Å²) in [4.78, 5) is 0. The average Bonchev–Trinajstić information content (AvgIpc) is 3.19. The minimum Gasteiger partial charge on any atom is -0.139 e. The standard InChI is InChI=1S/C23H34S2/c1-4-16-6-8-19-18-7-5-17-15-23(24-13-14-25-23)12-11-22(17,3)20(18)9-10-21(16,19)2/h4,15,18-20H,5-14H2,1-3H3/b16-4-/t18?,19?,20?,21-,22+/m1/s1. The Bertz CT molecular complexity index is 626. The zero-order chi connectivity index (χ0) is 17.3. The van der Waals surface area contributed by atoms with Gasteiger partial charge in [0.15, 0.2) is 0 Å². The van der Waals surface area contributed by atoms with Crippen LogP contribution in [0.5, 0.6) is 0 Å². The fourth-order valence-corrected chi connectivity index (χ4v) is 10.8. The molecule has 0 aromatic heterocycles. The fourth-order valence-electron chi connectivity index (χ4n) is 7.70. The summed E-state index contributed by atoms with van der Waals surface area (Å²) in [5.74, 6) is 5.67. The van der Waals surface area contributed by atoms with E-state index in [1.54, 1.807) is 5.57 Å². The van der Waals surface area contributed by atoms with Crippen molar-refractivity contribution >= 4 is 23.5 Å². The highest BCUT2D eigenvalue weighted by molar-refractivity contribution is 8.21. The minimum absolute atomic E-state index is 0.469. The second-order valence-electron chi connectivity index (χ2n) is 9.82. The van der Waals surface area contributed by atoms with Crippen LogP contribution in [0.15, 0.2) is 23.3 Å². The van der Waals surface area contributed by atoms with Crippen molar-refractivity contribution < 1.29 is 0 Å². The quantitative estimate of drug-likeness (QED) is 0.416. The van der Waals surface area contributed by atoms with Crippen molar-refractivity contribution in [1.82, 2.24) is 0 Å². The zero-order valence-electron chi connectivity index (χ0n) is 16.3. The van der Waals surface area contributed by atoms with E-state index in [9.17, 15) is 0 Å². The lowest BCUT2D eigenvalue weighted by Crippen LogP contribution is -2.50. The van der Waals surface area contributed by atoms with Gasteiger partial charge in [0, 0.05) is 11.5 Å². The molecule has 4 aliphatic carbocycles. The highest BCUT2D eigenvalue weighted by atomic mass is 32.2. The first-order chi connectivity index (χ1) is 12.0. The van der Waals surface area contributed by atoms with E-state index >= 15 is 0 Å². The van der Waals surface area contributed by atoms with Gasteiger partial charge in [0.05, 0.1) is 4.08 Å². The van der Waals surface area contributed by atoms with Crippen LogP contribution in [0.2, 0.25) is 0 Å². The Kier molecular flexibility index (Phi) is 4.04. The summed E-state index contributed by atoms with van der Waals surface area (Å²) in [7, 11) is 0. The SMILES string of the molecule is C/C=C1/CCC2C3CCC4=CC5(CC[C@]4(C)C3CC[C@]12C)SCCS5. The topological polar surface area (TPSA) is 0 Å². The summed E-state index contributed by atoms with van der Waals surface area (Å²) >= 11 is 4.49. The van der Waals surface area contributed by atoms with Crippen molar-refractivity contribution in [3.8, 4) is 0 Å². The molecule has 1 aliphatic heterocycles. The monoisotopic (exact) mass is 374 g/mol. The third kappa shape index (κ3) is 2.35. The largest absolute Gasteiger partial charge is 0.139 e. The van der Waals surface area contributed by atoms with Crippen molar-refractivity contribution in [3.63, 3.8) is 0 Å². The lowest BCUT2D eigenvalue weighted by Gasteiger charge is -2.58.